The van der Waals surface area contributed by atoms with Crippen molar-refractivity contribution in [2.45, 2.75) is 33.2 Å². The van der Waals surface area contributed by atoms with Gasteiger partial charge in [0.2, 0.25) is 0 Å². The first-order valence-electron chi connectivity index (χ1n) is 6.69. The first-order valence-corrected chi connectivity index (χ1v) is 6.69. The topological polar surface area (TPSA) is 15.3 Å². The zero-order valence-corrected chi connectivity index (χ0v) is 12.3. The Bertz CT molecular complexity index is 463. The number of rotatable bonds is 6. The maximum absolute atomic E-state index is 13.8. The lowest BCUT2D eigenvalue weighted by molar-refractivity contribution is 0.560. The van der Waals surface area contributed by atoms with Crippen LogP contribution in [0.4, 0.5) is 10.1 Å². The number of hydrogen-bond donors (Lipinski definition) is 1. The summed E-state index contributed by atoms with van der Waals surface area (Å²) in [5.41, 5.74) is 2.59. The van der Waals surface area contributed by atoms with Crippen molar-refractivity contribution >= 4 is 5.69 Å². The molecule has 0 amide bonds. The zero-order chi connectivity index (χ0) is 14.4. The highest BCUT2D eigenvalue weighted by Gasteiger charge is 2.15. The molecule has 0 heterocycles. The second-order valence-corrected chi connectivity index (χ2v) is 4.90. The summed E-state index contributed by atoms with van der Waals surface area (Å²) in [5.74, 6) is 2.45. The van der Waals surface area contributed by atoms with Crippen LogP contribution in [0, 0.1) is 25.1 Å². The van der Waals surface area contributed by atoms with Crippen molar-refractivity contribution in [3.05, 3.63) is 29.1 Å². The van der Waals surface area contributed by atoms with Gasteiger partial charge in [0.15, 0.2) is 0 Å². The van der Waals surface area contributed by atoms with Gasteiger partial charge in [0.05, 0.1) is 6.54 Å². The fourth-order valence-electron chi connectivity index (χ4n) is 2.05. The highest BCUT2D eigenvalue weighted by Crippen LogP contribution is 2.28. The fourth-order valence-corrected chi connectivity index (χ4v) is 2.05. The summed E-state index contributed by atoms with van der Waals surface area (Å²) in [6.07, 6.45) is 6.41. The number of benzene rings is 1. The van der Waals surface area contributed by atoms with Crippen LogP contribution < -0.4 is 10.2 Å². The Hall–Kier alpha value is -1.53. The highest BCUT2D eigenvalue weighted by molar-refractivity contribution is 5.57. The smallest absolute Gasteiger partial charge is 0.126 e. The molecule has 0 aliphatic heterocycles. The number of aryl methyl sites for hydroxylation is 1. The Morgan fingerprint density at radius 2 is 2.16 bits per heavy atom. The van der Waals surface area contributed by atoms with Crippen molar-refractivity contribution in [2.24, 2.45) is 0 Å². The van der Waals surface area contributed by atoms with E-state index >= 15 is 0 Å². The Morgan fingerprint density at radius 1 is 1.47 bits per heavy atom. The van der Waals surface area contributed by atoms with Crippen molar-refractivity contribution < 1.29 is 4.39 Å². The van der Waals surface area contributed by atoms with Crippen molar-refractivity contribution in [3.63, 3.8) is 0 Å². The molecule has 0 radical (unpaired) electrons. The summed E-state index contributed by atoms with van der Waals surface area (Å²) in [4.78, 5) is 1.98. The SMILES string of the molecule is C#CCN(C)c1cc(C)c(F)cc1C(C)NCCC. The van der Waals surface area contributed by atoms with Gasteiger partial charge in [-0.3, -0.25) is 0 Å². The van der Waals surface area contributed by atoms with E-state index in [1.54, 1.807) is 13.0 Å². The number of halogens is 1. The standard InChI is InChI=1S/C16H23FN2/c1-6-8-18-13(4)14-11-15(17)12(3)10-16(14)19(5)9-7-2/h2,10-11,13,18H,6,8-9H2,1,3-5H3. The van der Waals surface area contributed by atoms with Crippen LogP contribution in [0.3, 0.4) is 0 Å². The number of nitrogens with zero attached hydrogens (tertiary/aromatic N) is 1. The van der Waals surface area contributed by atoms with Gasteiger partial charge in [-0.05, 0) is 50.1 Å². The van der Waals surface area contributed by atoms with E-state index in [2.05, 4.69) is 18.2 Å². The Morgan fingerprint density at radius 3 is 2.74 bits per heavy atom. The fraction of sp³-hybridized carbons (Fsp3) is 0.500. The molecule has 1 aromatic rings. The minimum Gasteiger partial charge on any atom is -0.363 e. The zero-order valence-electron chi connectivity index (χ0n) is 12.3. The average Bonchev–Trinajstić information content (AvgIpc) is 2.38. The summed E-state index contributed by atoms with van der Waals surface area (Å²) in [7, 11) is 1.93. The van der Waals surface area contributed by atoms with Crippen LogP contribution in [0.2, 0.25) is 0 Å². The molecular weight excluding hydrogens is 239 g/mol. The van der Waals surface area contributed by atoms with E-state index in [-0.39, 0.29) is 11.9 Å². The third-order valence-corrected chi connectivity index (χ3v) is 3.21. The van der Waals surface area contributed by atoms with Gasteiger partial charge in [0.25, 0.3) is 0 Å². The molecule has 0 bridgehead atoms. The molecule has 0 aliphatic carbocycles. The Kier molecular flexibility index (Phi) is 5.85. The number of nitrogens with one attached hydrogen (secondary N) is 1. The summed E-state index contributed by atoms with van der Waals surface area (Å²) in [5, 5.41) is 3.39. The van der Waals surface area contributed by atoms with E-state index in [4.69, 9.17) is 6.42 Å². The lowest BCUT2D eigenvalue weighted by Crippen LogP contribution is -2.24. The first kappa shape index (κ1) is 15.5. The van der Waals surface area contributed by atoms with E-state index in [0.29, 0.717) is 12.1 Å². The third kappa shape index (κ3) is 3.97. The maximum atomic E-state index is 13.8. The number of terminal acetylenes is 1. The monoisotopic (exact) mass is 262 g/mol. The van der Waals surface area contributed by atoms with Crippen LogP contribution in [0.1, 0.15) is 37.4 Å². The quantitative estimate of drug-likeness (QED) is 0.792. The van der Waals surface area contributed by atoms with E-state index < -0.39 is 0 Å². The molecule has 0 spiro atoms. The third-order valence-electron chi connectivity index (χ3n) is 3.21. The van der Waals surface area contributed by atoms with Gasteiger partial charge in [0.1, 0.15) is 5.82 Å². The molecule has 19 heavy (non-hydrogen) atoms. The Labute approximate surface area is 116 Å². The molecule has 1 atom stereocenters. The number of anilines is 1. The van der Waals surface area contributed by atoms with Gasteiger partial charge in [-0.2, -0.15) is 0 Å². The average molecular weight is 262 g/mol. The van der Waals surface area contributed by atoms with Crippen LogP contribution in [0.15, 0.2) is 12.1 Å². The molecule has 1 unspecified atom stereocenters. The highest BCUT2D eigenvalue weighted by atomic mass is 19.1. The molecule has 1 aromatic carbocycles. The predicted molar refractivity (Wildman–Crippen MR) is 79.9 cm³/mol. The van der Waals surface area contributed by atoms with Crippen molar-refractivity contribution in [1.29, 1.82) is 0 Å². The lowest BCUT2D eigenvalue weighted by atomic mass is 10.0. The Balaban J connectivity index is 3.12. The molecule has 104 valence electrons. The molecule has 0 saturated carbocycles. The molecule has 1 N–H and O–H groups in total. The van der Waals surface area contributed by atoms with Gasteiger partial charge in [-0.25, -0.2) is 4.39 Å². The molecule has 1 rings (SSSR count). The minimum absolute atomic E-state index is 0.102. The van der Waals surface area contributed by atoms with Gasteiger partial charge in [-0.1, -0.05) is 12.8 Å². The molecule has 0 saturated heterocycles. The predicted octanol–water partition coefficient (Wildman–Crippen LogP) is 3.26. The minimum atomic E-state index is -0.169. The van der Waals surface area contributed by atoms with Crippen LogP contribution in [-0.4, -0.2) is 20.1 Å². The molecule has 0 aromatic heterocycles. The second kappa shape index (κ2) is 7.16. The lowest BCUT2D eigenvalue weighted by Gasteiger charge is -2.25. The molecule has 0 aliphatic rings. The van der Waals surface area contributed by atoms with E-state index in [9.17, 15) is 4.39 Å². The van der Waals surface area contributed by atoms with Gasteiger partial charge in [-0.15, -0.1) is 6.42 Å². The van der Waals surface area contributed by atoms with Gasteiger partial charge in [0, 0.05) is 18.8 Å². The van der Waals surface area contributed by atoms with Crippen molar-refractivity contribution in [1.82, 2.24) is 5.32 Å². The number of hydrogen-bond acceptors (Lipinski definition) is 2. The van der Waals surface area contributed by atoms with E-state index in [0.717, 1.165) is 24.2 Å². The van der Waals surface area contributed by atoms with E-state index in [1.165, 1.54) is 0 Å². The van der Waals surface area contributed by atoms with E-state index in [1.807, 2.05) is 24.9 Å². The van der Waals surface area contributed by atoms with Crippen molar-refractivity contribution in [2.75, 3.05) is 25.0 Å². The molecular formula is C16H23FN2. The van der Waals surface area contributed by atoms with Gasteiger partial charge < -0.3 is 10.2 Å². The second-order valence-electron chi connectivity index (χ2n) is 4.90. The summed E-state index contributed by atoms with van der Waals surface area (Å²) >= 11 is 0. The van der Waals surface area contributed by atoms with Crippen molar-refractivity contribution in [3.8, 4) is 12.3 Å². The summed E-state index contributed by atoms with van der Waals surface area (Å²) in [6, 6.07) is 3.59. The first-order chi connectivity index (χ1) is 9.01. The normalized spacial score (nSPS) is 12.0. The molecule has 2 nitrogen and oxygen atoms in total. The maximum Gasteiger partial charge on any atom is 0.126 e. The van der Waals surface area contributed by atoms with Crippen LogP contribution >= 0.6 is 0 Å². The largest absolute Gasteiger partial charge is 0.363 e. The molecule has 0 fully saturated rings. The summed E-state index contributed by atoms with van der Waals surface area (Å²) in [6.45, 7) is 7.36. The van der Waals surface area contributed by atoms with Crippen LogP contribution in [0.5, 0.6) is 0 Å². The van der Waals surface area contributed by atoms with Gasteiger partial charge >= 0.3 is 0 Å². The summed E-state index contributed by atoms with van der Waals surface area (Å²) < 4.78 is 13.8. The van der Waals surface area contributed by atoms with Crippen LogP contribution in [-0.2, 0) is 0 Å². The van der Waals surface area contributed by atoms with Crippen LogP contribution in [0.25, 0.3) is 0 Å². The molecule has 3 heteroatoms.